The number of aliphatic imine (C=N–C) groups is 1. The second-order valence-electron chi connectivity index (χ2n) is 10.2. The summed E-state index contributed by atoms with van der Waals surface area (Å²) >= 11 is 0. The minimum Gasteiger partial charge on any atom is -0.508 e. The van der Waals surface area contributed by atoms with Gasteiger partial charge in [0, 0.05) is 57.4 Å². The summed E-state index contributed by atoms with van der Waals surface area (Å²) < 4.78 is 0. The molecule has 0 saturated carbocycles. The molecule has 1 fully saturated rings. The van der Waals surface area contributed by atoms with E-state index in [-0.39, 0.29) is 17.9 Å². The zero-order valence-electron chi connectivity index (χ0n) is 20.9. The van der Waals surface area contributed by atoms with Gasteiger partial charge in [-0.05, 0) is 49.4 Å². The number of fused-ring (bicyclic) bond motifs is 2. The van der Waals surface area contributed by atoms with E-state index in [4.69, 9.17) is 0 Å². The van der Waals surface area contributed by atoms with Crippen LogP contribution in [0.25, 0.3) is 0 Å². The maximum Gasteiger partial charge on any atom is 0.255 e. The average molecular weight is 475 g/mol. The maximum atomic E-state index is 13.1. The van der Waals surface area contributed by atoms with Crippen molar-refractivity contribution in [1.82, 2.24) is 14.7 Å². The Balaban J connectivity index is 1.11. The van der Waals surface area contributed by atoms with Crippen LogP contribution in [0.3, 0.4) is 0 Å². The first-order valence-electron chi connectivity index (χ1n) is 13.3. The molecule has 0 radical (unpaired) electrons. The SMILES string of the molecule is CCCN(CCN1CCN(C(=O)C2=CC3C=CC=CC3N=C2)CC1)C1CCc2c(O)cccc2C1. The number of piperazine rings is 1. The van der Waals surface area contributed by atoms with Crippen LogP contribution >= 0.6 is 0 Å². The molecule has 186 valence electrons. The van der Waals surface area contributed by atoms with Crippen molar-refractivity contribution >= 4 is 12.1 Å². The molecule has 35 heavy (non-hydrogen) atoms. The third kappa shape index (κ3) is 5.44. The van der Waals surface area contributed by atoms with E-state index in [2.05, 4.69) is 46.0 Å². The molecule has 4 aliphatic rings. The molecule has 1 saturated heterocycles. The first-order chi connectivity index (χ1) is 17.1. The molecule has 1 amide bonds. The third-order valence-corrected chi connectivity index (χ3v) is 7.97. The summed E-state index contributed by atoms with van der Waals surface area (Å²) in [5.41, 5.74) is 3.18. The minimum absolute atomic E-state index is 0.117. The topological polar surface area (TPSA) is 59.4 Å². The van der Waals surface area contributed by atoms with Crippen molar-refractivity contribution in [3.05, 3.63) is 65.3 Å². The number of phenolic OH excluding ortho intramolecular Hbond substituents is 1. The number of aromatic hydroxyl groups is 1. The van der Waals surface area contributed by atoms with Crippen molar-refractivity contribution in [2.75, 3.05) is 45.8 Å². The number of hydrogen-bond acceptors (Lipinski definition) is 5. The van der Waals surface area contributed by atoms with Gasteiger partial charge < -0.3 is 10.0 Å². The van der Waals surface area contributed by atoms with Gasteiger partial charge in [0.15, 0.2) is 0 Å². The van der Waals surface area contributed by atoms with Gasteiger partial charge in [0.2, 0.25) is 0 Å². The van der Waals surface area contributed by atoms with E-state index < -0.39 is 0 Å². The van der Waals surface area contributed by atoms with Crippen molar-refractivity contribution < 1.29 is 9.90 Å². The zero-order chi connectivity index (χ0) is 24.2. The third-order valence-electron chi connectivity index (χ3n) is 7.97. The predicted octanol–water partition coefficient (Wildman–Crippen LogP) is 3.23. The molecule has 2 aliphatic carbocycles. The Hall–Kier alpha value is -2.70. The van der Waals surface area contributed by atoms with E-state index in [0.29, 0.717) is 11.8 Å². The van der Waals surface area contributed by atoms with Crippen LogP contribution in [0, 0.1) is 5.92 Å². The standard InChI is InChI=1S/C29H38N4O2/c1-2-12-32(25-10-11-26-22(20-25)7-5-9-28(26)34)16-13-31-14-17-33(18-15-31)29(35)24-19-23-6-3-4-8-27(23)30-21-24/h3-9,19,21,23,25,27,34H,2,10-18,20H2,1H3. The van der Waals surface area contributed by atoms with E-state index in [1.165, 1.54) is 5.56 Å². The number of phenols is 1. The molecule has 5 rings (SSSR count). The summed E-state index contributed by atoms with van der Waals surface area (Å²) in [6.45, 7) is 8.85. The number of carbonyl (C=O) groups is 1. The van der Waals surface area contributed by atoms with Gasteiger partial charge in [-0.25, -0.2) is 0 Å². The van der Waals surface area contributed by atoms with Gasteiger partial charge in [0.1, 0.15) is 5.75 Å². The predicted molar refractivity (Wildman–Crippen MR) is 141 cm³/mol. The molecule has 2 aliphatic heterocycles. The number of nitrogens with zero attached hydrogens (tertiary/aromatic N) is 4. The van der Waals surface area contributed by atoms with Gasteiger partial charge >= 0.3 is 0 Å². The number of dihydropyridines is 1. The van der Waals surface area contributed by atoms with Crippen molar-refractivity contribution in [2.45, 2.75) is 44.7 Å². The molecule has 0 bridgehead atoms. The zero-order valence-corrected chi connectivity index (χ0v) is 20.9. The highest BCUT2D eigenvalue weighted by atomic mass is 16.3. The second kappa shape index (κ2) is 10.9. The van der Waals surface area contributed by atoms with Crippen LogP contribution in [0.5, 0.6) is 5.75 Å². The first-order valence-corrected chi connectivity index (χ1v) is 13.3. The van der Waals surface area contributed by atoms with Crippen LogP contribution in [0.15, 0.2) is 59.1 Å². The smallest absolute Gasteiger partial charge is 0.255 e. The molecule has 6 heteroatoms. The van der Waals surface area contributed by atoms with E-state index in [9.17, 15) is 9.90 Å². The second-order valence-corrected chi connectivity index (χ2v) is 10.2. The van der Waals surface area contributed by atoms with Crippen LogP contribution in [0.4, 0.5) is 0 Å². The fourth-order valence-electron chi connectivity index (χ4n) is 5.93. The molecule has 1 N–H and O–H groups in total. The lowest BCUT2D eigenvalue weighted by molar-refractivity contribution is -0.128. The molecular weight excluding hydrogens is 436 g/mol. The van der Waals surface area contributed by atoms with Crippen molar-refractivity contribution in [3.8, 4) is 5.75 Å². The van der Waals surface area contributed by atoms with E-state index >= 15 is 0 Å². The molecule has 0 aromatic heterocycles. The number of amides is 1. The van der Waals surface area contributed by atoms with E-state index in [0.717, 1.165) is 82.6 Å². The maximum absolute atomic E-state index is 13.1. The average Bonchev–Trinajstić information content (AvgIpc) is 2.90. The monoisotopic (exact) mass is 474 g/mol. The van der Waals surface area contributed by atoms with E-state index in [1.807, 2.05) is 29.2 Å². The summed E-state index contributed by atoms with van der Waals surface area (Å²) in [5.74, 6) is 0.773. The van der Waals surface area contributed by atoms with Crippen molar-refractivity contribution in [3.63, 3.8) is 0 Å². The van der Waals surface area contributed by atoms with Crippen molar-refractivity contribution in [2.24, 2.45) is 10.9 Å². The summed E-state index contributed by atoms with van der Waals surface area (Å²) in [4.78, 5) is 24.8. The Morgan fingerprint density at radius 2 is 1.97 bits per heavy atom. The Morgan fingerprint density at radius 1 is 1.14 bits per heavy atom. The minimum atomic E-state index is 0.117. The summed E-state index contributed by atoms with van der Waals surface area (Å²) in [5, 5.41) is 10.2. The molecule has 1 aromatic rings. The van der Waals surface area contributed by atoms with Crippen molar-refractivity contribution in [1.29, 1.82) is 0 Å². The highest BCUT2D eigenvalue weighted by molar-refractivity contribution is 6.12. The largest absolute Gasteiger partial charge is 0.508 e. The summed E-state index contributed by atoms with van der Waals surface area (Å²) in [6, 6.07) is 6.64. The highest BCUT2D eigenvalue weighted by Crippen LogP contribution is 2.31. The quantitative estimate of drug-likeness (QED) is 0.659. The van der Waals surface area contributed by atoms with Crippen LogP contribution < -0.4 is 0 Å². The van der Waals surface area contributed by atoms with Crippen LogP contribution in [0.1, 0.15) is 30.9 Å². The Bertz CT molecular complexity index is 1040. The van der Waals surface area contributed by atoms with Gasteiger partial charge in [-0.15, -0.1) is 0 Å². The van der Waals surface area contributed by atoms with Gasteiger partial charge in [-0.3, -0.25) is 19.6 Å². The van der Waals surface area contributed by atoms with Crippen LogP contribution in [-0.4, -0.2) is 89.8 Å². The lowest BCUT2D eigenvalue weighted by Crippen LogP contribution is -2.51. The molecule has 1 aromatic carbocycles. The molecule has 3 unspecified atom stereocenters. The Labute approximate surface area is 209 Å². The molecule has 2 heterocycles. The highest BCUT2D eigenvalue weighted by Gasteiger charge is 2.29. The lowest BCUT2D eigenvalue weighted by Gasteiger charge is -2.39. The summed E-state index contributed by atoms with van der Waals surface area (Å²) in [7, 11) is 0. The molecule has 3 atom stereocenters. The van der Waals surface area contributed by atoms with Gasteiger partial charge in [0.25, 0.3) is 5.91 Å². The number of benzene rings is 1. The number of rotatable bonds is 7. The van der Waals surface area contributed by atoms with Gasteiger partial charge in [-0.1, -0.05) is 49.4 Å². The van der Waals surface area contributed by atoms with E-state index in [1.54, 1.807) is 6.21 Å². The summed E-state index contributed by atoms with van der Waals surface area (Å²) in [6.07, 6.45) is 16.4. The Kier molecular flexibility index (Phi) is 7.49. The fourth-order valence-corrected chi connectivity index (χ4v) is 5.93. The number of carbonyl (C=O) groups excluding carboxylic acids is 1. The van der Waals surface area contributed by atoms with Gasteiger partial charge in [-0.2, -0.15) is 0 Å². The van der Waals surface area contributed by atoms with Gasteiger partial charge in [0.05, 0.1) is 11.6 Å². The molecular formula is C29H38N4O2. The fraction of sp³-hybridized carbons (Fsp3) is 0.517. The van der Waals surface area contributed by atoms with Crippen LogP contribution in [-0.2, 0) is 17.6 Å². The lowest BCUT2D eigenvalue weighted by atomic mass is 9.87. The number of allylic oxidation sites excluding steroid dienone is 2. The Morgan fingerprint density at radius 3 is 2.80 bits per heavy atom. The van der Waals surface area contributed by atoms with Crippen LogP contribution in [0.2, 0.25) is 0 Å². The first kappa shape index (κ1) is 24.0. The normalized spacial score (nSPS) is 25.9. The number of hydrogen-bond donors (Lipinski definition) is 1. The molecule has 6 nitrogen and oxygen atoms in total. The molecule has 0 spiro atoms.